The lowest BCUT2D eigenvalue weighted by atomic mass is 9.86. The Morgan fingerprint density at radius 2 is 2.06 bits per heavy atom. The number of carbonyl (C=O) groups is 1. The topological polar surface area (TPSA) is 77.0 Å². The number of nitrogens with one attached hydrogen (secondary N) is 1. The van der Waals surface area contributed by atoms with Crippen LogP contribution in [-0.4, -0.2) is 27.8 Å². The molecular formula is C11H17N3O3. The highest BCUT2D eigenvalue weighted by atomic mass is 16.5. The zero-order chi connectivity index (χ0) is 12.4. The van der Waals surface area contributed by atoms with E-state index in [9.17, 15) is 9.59 Å². The number of aryl methyl sites for hydroxylation is 1. The maximum absolute atomic E-state index is 11.6. The molecule has 1 aliphatic rings. The summed E-state index contributed by atoms with van der Waals surface area (Å²) < 4.78 is 6.43. The van der Waals surface area contributed by atoms with Crippen LogP contribution in [-0.2, 0) is 9.53 Å². The number of H-pyrrole nitrogens is 1. The minimum atomic E-state index is -0.163. The minimum Gasteiger partial charge on any atom is -0.469 e. The first-order valence-corrected chi connectivity index (χ1v) is 5.84. The van der Waals surface area contributed by atoms with Crippen LogP contribution in [0.25, 0.3) is 0 Å². The molecule has 1 aromatic heterocycles. The minimum absolute atomic E-state index is 0.0147. The monoisotopic (exact) mass is 239 g/mol. The van der Waals surface area contributed by atoms with E-state index in [1.165, 1.54) is 7.11 Å². The van der Waals surface area contributed by atoms with Crippen LogP contribution in [0.2, 0.25) is 0 Å². The fraction of sp³-hybridized carbons (Fsp3) is 0.727. The number of aromatic nitrogens is 3. The summed E-state index contributed by atoms with van der Waals surface area (Å²) in [6, 6.07) is 0.155. The van der Waals surface area contributed by atoms with E-state index in [1.807, 2.05) is 6.92 Å². The molecule has 6 heteroatoms. The molecule has 0 amide bonds. The number of nitrogens with zero attached hydrogens (tertiary/aromatic N) is 2. The van der Waals surface area contributed by atoms with Crippen molar-refractivity contribution in [1.29, 1.82) is 0 Å². The van der Waals surface area contributed by atoms with Crippen molar-refractivity contribution in [2.75, 3.05) is 7.11 Å². The molecule has 0 saturated heterocycles. The highest BCUT2D eigenvalue weighted by molar-refractivity contribution is 5.72. The summed E-state index contributed by atoms with van der Waals surface area (Å²) in [5.74, 6) is 0.551. The number of rotatable bonds is 2. The van der Waals surface area contributed by atoms with E-state index >= 15 is 0 Å². The highest BCUT2D eigenvalue weighted by Gasteiger charge is 2.29. The van der Waals surface area contributed by atoms with Gasteiger partial charge in [-0.05, 0) is 32.6 Å². The van der Waals surface area contributed by atoms with Crippen molar-refractivity contribution < 1.29 is 9.53 Å². The number of esters is 1. The van der Waals surface area contributed by atoms with Crippen LogP contribution in [0.5, 0.6) is 0 Å². The first-order chi connectivity index (χ1) is 8.13. The van der Waals surface area contributed by atoms with Gasteiger partial charge in [0.2, 0.25) is 0 Å². The Balaban J connectivity index is 2.05. The van der Waals surface area contributed by atoms with E-state index in [-0.39, 0.29) is 23.6 Å². The van der Waals surface area contributed by atoms with E-state index in [1.54, 1.807) is 4.57 Å². The molecule has 0 aliphatic heterocycles. The molecule has 0 radical (unpaired) electrons. The van der Waals surface area contributed by atoms with E-state index in [4.69, 9.17) is 4.74 Å². The first kappa shape index (κ1) is 11.9. The molecule has 1 aromatic rings. The maximum Gasteiger partial charge on any atom is 0.343 e. The Kier molecular flexibility index (Phi) is 3.31. The van der Waals surface area contributed by atoms with Gasteiger partial charge in [0.1, 0.15) is 5.82 Å². The Morgan fingerprint density at radius 1 is 1.41 bits per heavy atom. The quantitative estimate of drug-likeness (QED) is 0.774. The number of ether oxygens (including phenoxy) is 1. The van der Waals surface area contributed by atoms with E-state index in [0.29, 0.717) is 5.82 Å². The van der Waals surface area contributed by atoms with Gasteiger partial charge in [0.25, 0.3) is 0 Å². The van der Waals surface area contributed by atoms with Gasteiger partial charge in [-0.15, -0.1) is 0 Å². The average Bonchev–Trinajstić information content (AvgIpc) is 2.68. The van der Waals surface area contributed by atoms with Gasteiger partial charge in [0.05, 0.1) is 13.0 Å². The number of methoxy groups -OCH3 is 1. The van der Waals surface area contributed by atoms with Gasteiger partial charge in [-0.25, -0.2) is 9.89 Å². The lowest BCUT2D eigenvalue weighted by Crippen LogP contribution is -2.29. The molecule has 1 aliphatic carbocycles. The molecule has 1 heterocycles. The number of aromatic amines is 1. The number of hydrogen-bond acceptors (Lipinski definition) is 4. The van der Waals surface area contributed by atoms with Crippen LogP contribution in [0.4, 0.5) is 0 Å². The van der Waals surface area contributed by atoms with Gasteiger partial charge in [0, 0.05) is 6.04 Å². The van der Waals surface area contributed by atoms with Gasteiger partial charge in [-0.2, -0.15) is 5.10 Å². The maximum atomic E-state index is 11.6. The van der Waals surface area contributed by atoms with Gasteiger partial charge in [-0.1, -0.05) is 0 Å². The van der Waals surface area contributed by atoms with Crippen LogP contribution >= 0.6 is 0 Å². The second-order valence-electron chi connectivity index (χ2n) is 4.47. The van der Waals surface area contributed by atoms with Gasteiger partial charge in [0.15, 0.2) is 0 Å². The van der Waals surface area contributed by atoms with E-state index < -0.39 is 0 Å². The lowest BCUT2D eigenvalue weighted by Gasteiger charge is -2.27. The number of hydrogen-bond donors (Lipinski definition) is 1. The van der Waals surface area contributed by atoms with Crippen LogP contribution in [0.3, 0.4) is 0 Å². The Hall–Kier alpha value is -1.59. The van der Waals surface area contributed by atoms with Crippen molar-refractivity contribution in [2.24, 2.45) is 5.92 Å². The molecule has 0 bridgehead atoms. The molecule has 94 valence electrons. The average molecular weight is 239 g/mol. The molecule has 17 heavy (non-hydrogen) atoms. The fourth-order valence-electron chi connectivity index (χ4n) is 2.55. The molecule has 2 rings (SSSR count). The molecule has 0 aromatic carbocycles. The smallest absolute Gasteiger partial charge is 0.343 e. The molecule has 1 N–H and O–H groups in total. The van der Waals surface area contributed by atoms with Crippen LogP contribution in [0, 0.1) is 12.8 Å². The first-order valence-electron chi connectivity index (χ1n) is 5.84. The molecule has 1 fully saturated rings. The van der Waals surface area contributed by atoms with Crippen LogP contribution in [0.1, 0.15) is 37.5 Å². The third kappa shape index (κ3) is 2.25. The van der Waals surface area contributed by atoms with Gasteiger partial charge in [-0.3, -0.25) is 9.36 Å². The Morgan fingerprint density at radius 3 is 2.53 bits per heavy atom. The largest absolute Gasteiger partial charge is 0.469 e. The van der Waals surface area contributed by atoms with Crippen molar-refractivity contribution in [3.8, 4) is 0 Å². The molecule has 0 unspecified atom stereocenters. The van der Waals surface area contributed by atoms with E-state index in [2.05, 4.69) is 10.2 Å². The highest BCUT2D eigenvalue weighted by Crippen LogP contribution is 2.32. The summed E-state index contributed by atoms with van der Waals surface area (Å²) in [4.78, 5) is 22.9. The third-order valence-corrected chi connectivity index (χ3v) is 3.48. The third-order valence-electron chi connectivity index (χ3n) is 3.48. The molecule has 1 saturated carbocycles. The summed E-state index contributed by atoms with van der Waals surface area (Å²) in [6.07, 6.45) is 3.18. The van der Waals surface area contributed by atoms with Crippen molar-refractivity contribution in [3.05, 3.63) is 16.3 Å². The predicted molar refractivity (Wildman–Crippen MR) is 60.6 cm³/mol. The SMILES string of the molecule is COC(=O)[C@H]1CC[C@H](n2c(C)n[nH]c2=O)CC1. The summed E-state index contributed by atoms with van der Waals surface area (Å²) in [5.41, 5.74) is -0.163. The van der Waals surface area contributed by atoms with Crippen molar-refractivity contribution in [1.82, 2.24) is 14.8 Å². The summed E-state index contributed by atoms with van der Waals surface area (Å²) >= 11 is 0. The second kappa shape index (κ2) is 4.73. The Bertz CT molecular complexity index is 455. The predicted octanol–water partition coefficient (Wildman–Crippen LogP) is 0.784. The number of carbonyl (C=O) groups excluding carboxylic acids is 1. The van der Waals surface area contributed by atoms with Crippen LogP contribution < -0.4 is 5.69 Å². The molecular weight excluding hydrogens is 222 g/mol. The van der Waals surface area contributed by atoms with Gasteiger partial charge < -0.3 is 4.74 Å². The molecule has 0 spiro atoms. The molecule has 0 atom stereocenters. The van der Waals surface area contributed by atoms with Crippen LogP contribution in [0.15, 0.2) is 4.79 Å². The summed E-state index contributed by atoms with van der Waals surface area (Å²) in [5, 5.41) is 6.34. The second-order valence-corrected chi connectivity index (χ2v) is 4.47. The van der Waals surface area contributed by atoms with Crippen molar-refractivity contribution >= 4 is 5.97 Å². The van der Waals surface area contributed by atoms with Crippen molar-refractivity contribution in [2.45, 2.75) is 38.6 Å². The summed E-state index contributed by atoms with van der Waals surface area (Å²) in [7, 11) is 1.42. The summed E-state index contributed by atoms with van der Waals surface area (Å²) in [6.45, 7) is 1.81. The van der Waals surface area contributed by atoms with Crippen molar-refractivity contribution in [3.63, 3.8) is 0 Å². The van der Waals surface area contributed by atoms with E-state index in [0.717, 1.165) is 25.7 Å². The normalized spacial score (nSPS) is 24.6. The standard InChI is InChI=1S/C11H17N3O3/c1-7-12-13-11(16)14(7)9-5-3-8(4-6-9)10(15)17-2/h8-9H,3-6H2,1-2H3,(H,13,16)/t8-,9-. The zero-order valence-electron chi connectivity index (χ0n) is 10.1. The van der Waals surface area contributed by atoms with Gasteiger partial charge >= 0.3 is 11.7 Å². The Labute approximate surface area is 99.0 Å². The zero-order valence-corrected chi connectivity index (χ0v) is 10.1. The fourth-order valence-corrected chi connectivity index (χ4v) is 2.55. The molecule has 6 nitrogen and oxygen atoms in total. The lowest BCUT2D eigenvalue weighted by molar-refractivity contribution is -0.146.